The number of carboxylic acid groups (broad SMARTS) is 1. The highest BCUT2D eigenvalue weighted by Crippen LogP contribution is 2.29. The van der Waals surface area contributed by atoms with Crippen LogP contribution in [0.2, 0.25) is 0 Å². The van der Waals surface area contributed by atoms with Gasteiger partial charge < -0.3 is 19.5 Å². The van der Waals surface area contributed by atoms with Crippen LogP contribution >= 0.6 is 0 Å². The summed E-state index contributed by atoms with van der Waals surface area (Å²) in [4.78, 5) is 51.3. The van der Waals surface area contributed by atoms with E-state index in [9.17, 15) is 24.3 Å². The van der Waals surface area contributed by atoms with E-state index in [4.69, 9.17) is 9.47 Å². The first-order chi connectivity index (χ1) is 18.4. The third-order valence-corrected chi connectivity index (χ3v) is 6.13. The van der Waals surface area contributed by atoms with Gasteiger partial charge in [-0.1, -0.05) is 23.8 Å². The topological polar surface area (TPSA) is 122 Å². The predicted octanol–water partition coefficient (Wildman–Crippen LogP) is 5.21. The maximum atomic E-state index is 13.4. The minimum atomic E-state index is -1.12. The molecule has 0 fully saturated rings. The number of carbonyl (C=O) groups is 4. The molecular weight excluding hydrogens is 500 g/mol. The van der Waals surface area contributed by atoms with Crippen molar-refractivity contribution in [3.8, 4) is 5.75 Å². The van der Waals surface area contributed by atoms with Gasteiger partial charge >= 0.3 is 18.0 Å². The van der Waals surface area contributed by atoms with Gasteiger partial charge in [0, 0.05) is 24.2 Å². The number of benzene rings is 3. The van der Waals surface area contributed by atoms with Crippen molar-refractivity contribution >= 4 is 29.6 Å². The van der Waals surface area contributed by atoms with E-state index in [0.29, 0.717) is 22.6 Å². The molecule has 0 aromatic heterocycles. The first kappa shape index (κ1) is 27.4. The summed E-state index contributed by atoms with van der Waals surface area (Å²) < 4.78 is 10.8. The summed E-state index contributed by atoms with van der Waals surface area (Å²) in [5.74, 6) is -1.80. The Morgan fingerprint density at radius 1 is 0.897 bits per heavy atom. The van der Waals surface area contributed by atoms with E-state index in [1.165, 1.54) is 17.0 Å². The first-order valence-corrected chi connectivity index (χ1v) is 12.4. The van der Waals surface area contributed by atoms with Gasteiger partial charge in [0.15, 0.2) is 0 Å². The number of amides is 2. The van der Waals surface area contributed by atoms with E-state index in [1.54, 1.807) is 63.2 Å². The molecule has 1 aliphatic heterocycles. The number of ether oxygens (including phenoxy) is 2. The molecule has 1 aliphatic rings. The maximum absolute atomic E-state index is 13.4. The quantitative estimate of drug-likeness (QED) is 0.343. The lowest BCUT2D eigenvalue weighted by Crippen LogP contribution is -2.48. The monoisotopic (exact) mass is 530 g/mol. The molecule has 1 atom stereocenters. The van der Waals surface area contributed by atoms with Gasteiger partial charge in [-0.05, 0) is 87.4 Å². The van der Waals surface area contributed by atoms with Crippen molar-refractivity contribution in [3.63, 3.8) is 0 Å². The van der Waals surface area contributed by atoms with Crippen LogP contribution in [0.5, 0.6) is 5.75 Å². The van der Waals surface area contributed by atoms with Gasteiger partial charge in [0.1, 0.15) is 17.4 Å². The van der Waals surface area contributed by atoms with E-state index >= 15 is 0 Å². The fourth-order valence-corrected chi connectivity index (χ4v) is 4.20. The smallest absolute Gasteiger partial charge is 0.412 e. The molecule has 2 N–H and O–H groups in total. The molecule has 0 spiro atoms. The largest absolute Gasteiger partial charge is 0.480 e. The van der Waals surface area contributed by atoms with Crippen LogP contribution in [0, 0.1) is 6.92 Å². The number of hydrogen-bond acceptors (Lipinski definition) is 6. The summed E-state index contributed by atoms with van der Waals surface area (Å²) in [5, 5.41) is 12.5. The third-order valence-electron chi connectivity index (χ3n) is 6.13. The second-order valence-electron chi connectivity index (χ2n) is 10.4. The van der Waals surface area contributed by atoms with E-state index in [1.807, 2.05) is 19.1 Å². The highest BCUT2D eigenvalue weighted by Gasteiger charge is 2.35. The average molecular weight is 531 g/mol. The molecule has 9 nitrogen and oxygen atoms in total. The van der Waals surface area contributed by atoms with Crippen molar-refractivity contribution in [1.82, 2.24) is 4.90 Å². The summed E-state index contributed by atoms with van der Waals surface area (Å²) in [5.41, 5.74) is 2.92. The number of esters is 1. The summed E-state index contributed by atoms with van der Waals surface area (Å²) in [6, 6.07) is 17.1. The fraction of sp³-hybridized carbons (Fsp3) is 0.267. The lowest BCUT2D eigenvalue weighted by atomic mass is 9.93. The first-order valence-electron chi connectivity index (χ1n) is 12.4. The number of nitrogens with one attached hydrogen (secondary N) is 1. The van der Waals surface area contributed by atoms with Crippen molar-refractivity contribution in [2.75, 3.05) is 5.32 Å². The van der Waals surface area contributed by atoms with Gasteiger partial charge in [0.05, 0.1) is 5.56 Å². The molecule has 0 saturated carbocycles. The van der Waals surface area contributed by atoms with Gasteiger partial charge in [-0.3, -0.25) is 10.1 Å². The second kappa shape index (κ2) is 11.0. The Morgan fingerprint density at radius 2 is 1.54 bits per heavy atom. The number of fused-ring (bicyclic) bond motifs is 1. The van der Waals surface area contributed by atoms with Crippen LogP contribution in [-0.2, 0) is 22.5 Å². The fourth-order valence-electron chi connectivity index (χ4n) is 4.20. The molecule has 4 rings (SSSR count). The number of anilines is 1. The minimum absolute atomic E-state index is 0.0268. The Morgan fingerprint density at radius 3 is 2.15 bits per heavy atom. The van der Waals surface area contributed by atoms with E-state index in [-0.39, 0.29) is 18.5 Å². The standard InChI is InChI=1S/C30H30N2O7/c1-18-5-7-20(8-6-18)28(36)38-24-14-11-21-16-25(27(34)35)32(17-22(21)15-24)26(33)19-9-12-23(13-10-19)31-29(37)39-30(2,3)4/h5-15,25H,16-17H2,1-4H3,(H,31,37)(H,34,35). The molecule has 0 saturated heterocycles. The number of carboxylic acids is 1. The zero-order valence-corrected chi connectivity index (χ0v) is 22.2. The van der Waals surface area contributed by atoms with E-state index in [0.717, 1.165) is 11.1 Å². The van der Waals surface area contributed by atoms with E-state index < -0.39 is 35.6 Å². The van der Waals surface area contributed by atoms with Crippen molar-refractivity contribution < 1.29 is 33.8 Å². The molecule has 0 aliphatic carbocycles. The van der Waals surface area contributed by atoms with Crippen molar-refractivity contribution in [3.05, 3.63) is 94.5 Å². The van der Waals surface area contributed by atoms with Crippen molar-refractivity contribution in [2.45, 2.75) is 52.3 Å². The predicted molar refractivity (Wildman–Crippen MR) is 144 cm³/mol. The number of hydrogen-bond donors (Lipinski definition) is 2. The summed E-state index contributed by atoms with van der Waals surface area (Å²) in [7, 11) is 0. The number of carbonyl (C=O) groups excluding carboxylic acids is 3. The molecule has 1 heterocycles. The Kier molecular flexibility index (Phi) is 7.71. The number of rotatable bonds is 5. The lowest BCUT2D eigenvalue weighted by molar-refractivity contribution is -0.142. The highest BCUT2D eigenvalue weighted by atomic mass is 16.6. The van der Waals surface area contributed by atoms with Crippen molar-refractivity contribution in [1.29, 1.82) is 0 Å². The molecule has 9 heteroatoms. The van der Waals surface area contributed by atoms with Crippen LogP contribution in [0.4, 0.5) is 10.5 Å². The zero-order valence-electron chi connectivity index (χ0n) is 22.2. The Bertz CT molecular complexity index is 1410. The van der Waals surface area contributed by atoms with Crippen molar-refractivity contribution in [2.24, 2.45) is 0 Å². The summed E-state index contributed by atoms with van der Waals surface area (Å²) in [6.45, 7) is 7.20. The minimum Gasteiger partial charge on any atom is -0.480 e. The zero-order chi connectivity index (χ0) is 28.3. The lowest BCUT2D eigenvalue weighted by Gasteiger charge is -2.34. The SMILES string of the molecule is Cc1ccc(C(=O)Oc2ccc3c(c2)CN(C(=O)c2ccc(NC(=O)OC(C)(C)C)cc2)C(C(=O)O)C3)cc1. The third kappa shape index (κ3) is 6.81. The van der Waals surface area contributed by atoms with Crippen LogP contribution in [0.3, 0.4) is 0 Å². The van der Waals surface area contributed by atoms with Gasteiger partial charge in [-0.15, -0.1) is 0 Å². The number of aryl methyl sites for hydroxylation is 1. The van der Waals surface area contributed by atoms with Crippen LogP contribution < -0.4 is 10.1 Å². The second-order valence-corrected chi connectivity index (χ2v) is 10.4. The molecule has 3 aromatic rings. The molecule has 1 unspecified atom stereocenters. The van der Waals surface area contributed by atoms with Gasteiger partial charge in [0.25, 0.3) is 5.91 Å². The van der Waals surface area contributed by atoms with Crippen LogP contribution in [0.15, 0.2) is 66.7 Å². The maximum Gasteiger partial charge on any atom is 0.412 e. The summed E-state index contributed by atoms with van der Waals surface area (Å²) in [6.07, 6.45) is -0.514. The normalized spacial score (nSPS) is 14.7. The Labute approximate surface area is 226 Å². The number of nitrogens with zero attached hydrogens (tertiary/aromatic N) is 1. The Balaban J connectivity index is 1.50. The van der Waals surface area contributed by atoms with Crippen LogP contribution in [-0.4, -0.2) is 45.6 Å². The molecule has 2 amide bonds. The van der Waals surface area contributed by atoms with E-state index in [2.05, 4.69) is 5.32 Å². The molecule has 39 heavy (non-hydrogen) atoms. The molecular formula is C30H30N2O7. The van der Waals surface area contributed by atoms with Gasteiger partial charge in [-0.25, -0.2) is 14.4 Å². The summed E-state index contributed by atoms with van der Waals surface area (Å²) >= 11 is 0. The Hall–Kier alpha value is -4.66. The molecule has 0 bridgehead atoms. The van der Waals surface area contributed by atoms with Crippen LogP contribution in [0.1, 0.15) is 58.2 Å². The molecule has 0 radical (unpaired) electrons. The highest BCUT2D eigenvalue weighted by molar-refractivity contribution is 5.97. The molecule has 202 valence electrons. The molecule has 3 aromatic carbocycles. The number of aliphatic carboxylic acids is 1. The average Bonchev–Trinajstić information content (AvgIpc) is 2.87. The van der Waals surface area contributed by atoms with Gasteiger partial charge in [0.2, 0.25) is 0 Å². The van der Waals surface area contributed by atoms with Gasteiger partial charge in [-0.2, -0.15) is 0 Å². The van der Waals surface area contributed by atoms with Crippen LogP contribution in [0.25, 0.3) is 0 Å².